The fourth-order valence-electron chi connectivity index (χ4n) is 2.26. The van der Waals surface area contributed by atoms with Gasteiger partial charge in [-0.25, -0.2) is 4.98 Å². The lowest BCUT2D eigenvalue weighted by molar-refractivity contribution is -0.384. The van der Waals surface area contributed by atoms with Crippen LogP contribution in [0.15, 0.2) is 53.0 Å². The Kier molecular flexibility index (Phi) is 3.61. The first-order valence-corrected chi connectivity index (χ1v) is 7.23. The Morgan fingerprint density at radius 1 is 1.14 bits per heavy atom. The lowest BCUT2D eigenvalue weighted by atomic mass is 10.00. The summed E-state index contributed by atoms with van der Waals surface area (Å²) in [7, 11) is 0. The molecule has 104 valence electrons. The summed E-state index contributed by atoms with van der Waals surface area (Å²) in [6, 6.07) is 14.6. The number of benzene rings is 2. The minimum atomic E-state index is -0.488. The van der Waals surface area contributed by atoms with Crippen molar-refractivity contribution >= 4 is 44.1 Å². The molecule has 3 aromatic rings. The quantitative estimate of drug-likeness (QED) is 0.356. The van der Waals surface area contributed by atoms with E-state index >= 15 is 0 Å². The van der Waals surface area contributed by atoms with Crippen LogP contribution in [0.25, 0.3) is 22.0 Å². The molecule has 0 amide bonds. The van der Waals surface area contributed by atoms with Crippen LogP contribution >= 0.6 is 27.5 Å². The van der Waals surface area contributed by atoms with Crippen LogP contribution in [0.1, 0.15) is 0 Å². The fourth-order valence-corrected chi connectivity index (χ4v) is 2.87. The molecule has 4 nitrogen and oxygen atoms in total. The smallest absolute Gasteiger partial charge is 0.258 e. The molecule has 1 heterocycles. The van der Waals surface area contributed by atoms with Crippen molar-refractivity contribution in [3.63, 3.8) is 0 Å². The van der Waals surface area contributed by atoms with Crippen LogP contribution < -0.4 is 0 Å². The maximum absolute atomic E-state index is 11.4. The molecule has 3 rings (SSSR count). The van der Waals surface area contributed by atoms with Gasteiger partial charge in [0.1, 0.15) is 0 Å². The van der Waals surface area contributed by atoms with E-state index in [0.717, 1.165) is 10.0 Å². The van der Waals surface area contributed by atoms with E-state index < -0.39 is 4.92 Å². The van der Waals surface area contributed by atoms with E-state index in [0.29, 0.717) is 16.5 Å². The van der Waals surface area contributed by atoms with E-state index in [9.17, 15) is 10.1 Å². The predicted molar refractivity (Wildman–Crippen MR) is 86.5 cm³/mol. The molecular weight excluding hydrogens is 356 g/mol. The maximum Gasteiger partial charge on any atom is 0.314 e. The van der Waals surface area contributed by atoms with Crippen LogP contribution in [0.3, 0.4) is 0 Å². The molecule has 1 aromatic heterocycles. The number of nitrogens with zero attached hydrogens (tertiary/aromatic N) is 2. The third-order valence-corrected chi connectivity index (χ3v) is 3.88. The number of fused-ring (bicyclic) bond motifs is 1. The standard InChI is InChI=1S/C15H8BrClN2O2/c16-10-6-7-12-11(8-10)13(9-4-2-1-3-5-9)14(19(20)21)15(17)18-12/h1-8H. The molecule has 0 saturated carbocycles. The van der Waals surface area contributed by atoms with Crippen molar-refractivity contribution in [2.24, 2.45) is 0 Å². The number of hydrogen-bond donors (Lipinski definition) is 0. The average molecular weight is 364 g/mol. The molecule has 0 fully saturated rings. The molecule has 6 heteroatoms. The topological polar surface area (TPSA) is 56.0 Å². The van der Waals surface area contributed by atoms with E-state index in [4.69, 9.17) is 11.6 Å². The molecule has 0 aliphatic rings. The number of halogens is 2. The van der Waals surface area contributed by atoms with Gasteiger partial charge in [-0.15, -0.1) is 0 Å². The summed E-state index contributed by atoms with van der Waals surface area (Å²) in [5.41, 5.74) is 1.66. The summed E-state index contributed by atoms with van der Waals surface area (Å²) >= 11 is 9.42. The molecule has 0 aliphatic carbocycles. The Labute approximate surface area is 133 Å². The van der Waals surface area contributed by atoms with Gasteiger partial charge in [0, 0.05) is 9.86 Å². The van der Waals surface area contributed by atoms with Crippen LogP contribution in [-0.4, -0.2) is 9.91 Å². The highest BCUT2D eigenvalue weighted by molar-refractivity contribution is 9.10. The van der Waals surface area contributed by atoms with Crippen molar-refractivity contribution in [1.29, 1.82) is 0 Å². The first-order valence-electron chi connectivity index (χ1n) is 6.06. The van der Waals surface area contributed by atoms with E-state index in [1.54, 1.807) is 6.07 Å². The Morgan fingerprint density at radius 2 is 1.86 bits per heavy atom. The zero-order valence-corrected chi connectivity index (χ0v) is 12.9. The molecule has 0 bridgehead atoms. The zero-order chi connectivity index (χ0) is 15.0. The van der Waals surface area contributed by atoms with E-state index in [-0.39, 0.29) is 10.8 Å². The second-order valence-electron chi connectivity index (χ2n) is 4.41. The monoisotopic (exact) mass is 362 g/mol. The van der Waals surface area contributed by atoms with E-state index in [1.807, 2.05) is 42.5 Å². The third-order valence-electron chi connectivity index (χ3n) is 3.12. The highest BCUT2D eigenvalue weighted by Gasteiger charge is 2.24. The highest BCUT2D eigenvalue weighted by atomic mass is 79.9. The Hall–Kier alpha value is -1.98. The summed E-state index contributed by atoms with van der Waals surface area (Å²) in [6.07, 6.45) is 0. The third kappa shape index (κ3) is 2.50. The number of nitro groups is 1. The SMILES string of the molecule is O=[N+]([O-])c1c(Cl)nc2ccc(Br)cc2c1-c1ccccc1. The zero-order valence-electron chi connectivity index (χ0n) is 10.6. The van der Waals surface area contributed by atoms with Crippen LogP contribution in [-0.2, 0) is 0 Å². The first kappa shape index (κ1) is 14.0. The van der Waals surface area contributed by atoms with Crippen molar-refractivity contribution in [3.8, 4) is 11.1 Å². The number of rotatable bonds is 2. The van der Waals surface area contributed by atoms with Crippen molar-refractivity contribution in [3.05, 3.63) is 68.3 Å². The van der Waals surface area contributed by atoms with Crippen LogP contribution in [0, 0.1) is 10.1 Å². The molecule has 0 atom stereocenters. The van der Waals surface area contributed by atoms with Gasteiger partial charge in [0.2, 0.25) is 5.15 Å². The molecule has 0 saturated heterocycles. The lowest BCUT2D eigenvalue weighted by Crippen LogP contribution is -1.97. The van der Waals surface area contributed by atoms with Gasteiger partial charge in [0.25, 0.3) is 0 Å². The average Bonchev–Trinajstić information content (AvgIpc) is 2.47. The number of pyridine rings is 1. The highest BCUT2D eigenvalue weighted by Crippen LogP contribution is 2.40. The summed E-state index contributed by atoms with van der Waals surface area (Å²) in [4.78, 5) is 15.1. The summed E-state index contributed by atoms with van der Waals surface area (Å²) in [5, 5.41) is 12.0. The fraction of sp³-hybridized carbons (Fsp3) is 0. The maximum atomic E-state index is 11.4. The minimum Gasteiger partial charge on any atom is -0.258 e. The Balaban J connectivity index is 2.50. The van der Waals surface area contributed by atoms with Crippen molar-refractivity contribution in [2.75, 3.05) is 0 Å². The second kappa shape index (κ2) is 5.42. The number of aromatic nitrogens is 1. The molecular formula is C15H8BrClN2O2. The van der Waals surface area contributed by atoms with Crippen LogP contribution in [0.5, 0.6) is 0 Å². The molecule has 0 N–H and O–H groups in total. The molecule has 2 aromatic carbocycles. The number of hydrogen-bond acceptors (Lipinski definition) is 3. The summed E-state index contributed by atoms with van der Waals surface area (Å²) in [6.45, 7) is 0. The molecule has 0 aliphatic heterocycles. The van der Waals surface area contributed by atoms with Gasteiger partial charge < -0.3 is 0 Å². The van der Waals surface area contributed by atoms with Crippen molar-refractivity contribution in [2.45, 2.75) is 0 Å². The second-order valence-corrected chi connectivity index (χ2v) is 5.68. The lowest BCUT2D eigenvalue weighted by Gasteiger charge is -2.09. The first-order chi connectivity index (χ1) is 10.1. The molecule has 0 radical (unpaired) electrons. The van der Waals surface area contributed by atoms with E-state index in [1.165, 1.54) is 0 Å². The molecule has 0 spiro atoms. The van der Waals surface area contributed by atoms with Crippen LogP contribution in [0.4, 0.5) is 5.69 Å². The van der Waals surface area contributed by atoms with Gasteiger partial charge in [0.05, 0.1) is 16.0 Å². The predicted octanol–water partition coefficient (Wildman–Crippen LogP) is 5.23. The minimum absolute atomic E-state index is 0.103. The Morgan fingerprint density at radius 3 is 2.52 bits per heavy atom. The van der Waals surface area contributed by atoms with Gasteiger partial charge in [-0.05, 0) is 23.8 Å². The van der Waals surface area contributed by atoms with Gasteiger partial charge >= 0.3 is 5.69 Å². The van der Waals surface area contributed by atoms with Crippen molar-refractivity contribution in [1.82, 2.24) is 4.98 Å². The van der Waals surface area contributed by atoms with Gasteiger partial charge in [-0.3, -0.25) is 10.1 Å². The van der Waals surface area contributed by atoms with E-state index in [2.05, 4.69) is 20.9 Å². The van der Waals surface area contributed by atoms with Gasteiger partial charge in [0.15, 0.2) is 0 Å². The van der Waals surface area contributed by atoms with Crippen LogP contribution in [0.2, 0.25) is 5.15 Å². The van der Waals surface area contributed by atoms with Gasteiger partial charge in [-0.2, -0.15) is 0 Å². The van der Waals surface area contributed by atoms with Gasteiger partial charge in [-0.1, -0.05) is 57.9 Å². The largest absolute Gasteiger partial charge is 0.314 e. The summed E-state index contributed by atoms with van der Waals surface area (Å²) < 4.78 is 0.825. The normalized spacial score (nSPS) is 10.8. The van der Waals surface area contributed by atoms with Crippen molar-refractivity contribution < 1.29 is 4.92 Å². The molecule has 0 unspecified atom stereocenters. The Bertz CT molecular complexity index is 853. The summed E-state index contributed by atoms with van der Waals surface area (Å²) in [5.74, 6) is 0. The molecule has 21 heavy (non-hydrogen) atoms.